The highest BCUT2D eigenvalue weighted by Gasteiger charge is 2.32. The van der Waals surface area contributed by atoms with Crippen molar-refractivity contribution in [1.29, 1.82) is 0 Å². The van der Waals surface area contributed by atoms with Gasteiger partial charge in [-0.25, -0.2) is 4.79 Å². The van der Waals surface area contributed by atoms with Crippen molar-refractivity contribution >= 4 is 17.6 Å². The molecule has 1 aliphatic heterocycles. The maximum atomic E-state index is 12.2. The van der Waals surface area contributed by atoms with Gasteiger partial charge in [-0.3, -0.25) is 4.79 Å². The predicted octanol–water partition coefficient (Wildman–Crippen LogP) is 1.90. The Morgan fingerprint density at radius 1 is 1.36 bits per heavy atom. The van der Waals surface area contributed by atoms with Gasteiger partial charge in [0.05, 0.1) is 13.2 Å². The minimum atomic E-state index is -0.306. The average Bonchev–Trinajstić information content (AvgIpc) is 2.77. The van der Waals surface area contributed by atoms with Crippen molar-refractivity contribution in [3.63, 3.8) is 0 Å². The zero-order valence-electron chi connectivity index (χ0n) is 13.5. The number of carbonyl (C=O) groups excluding carboxylic acids is 2. The molecule has 2 rings (SSSR count). The van der Waals surface area contributed by atoms with E-state index in [1.54, 1.807) is 12.0 Å². The van der Waals surface area contributed by atoms with Crippen LogP contribution >= 0.6 is 0 Å². The normalized spacial score (nSPS) is 18.3. The van der Waals surface area contributed by atoms with Gasteiger partial charge in [0.25, 0.3) is 0 Å². The molecule has 1 heterocycles. The number of methoxy groups -OCH3 is 1. The molecule has 0 aromatic heterocycles. The van der Waals surface area contributed by atoms with E-state index in [-0.39, 0.29) is 23.5 Å². The van der Waals surface area contributed by atoms with E-state index in [4.69, 9.17) is 4.74 Å². The highest BCUT2D eigenvalue weighted by atomic mass is 16.5. The Kier molecular flexibility index (Phi) is 4.59. The van der Waals surface area contributed by atoms with Gasteiger partial charge < -0.3 is 20.3 Å². The average molecular weight is 305 g/mol. The summed E-state index contributed by atoms with van der Waals surface area (Å²) in [6.07, 6.45) is 0.300. The lowest BCUT2D eigenvalue weighted by Crippen LogP contribution is -2.50. The molecule has 1 fully saturated rings. The van der Waals surface area contributed by atoms with Gasteiger partial charge in [-0.2, -0.15) is 0 Å². The summed E-state index contributed by atoms with van der Waals surface area (Å²) >= 11 is 0. The van der Waals surface area contributed by atoms with Crippen LogP contribution in [0.4, 0.5) is 10.5 Å². The summed E-state index contributed by atoms with van der Waals surface area (Å²) < 4.78 is 5.18. The van der Waals surface area contributed by atoms with Crippen molar-refractivity contribution < 1.29 is 14.3 Å². The number of nitrogens with one attached hydrogen (secondary N) is 2. The van der Waals surface area contributed by atoms with E-state index in [0.717, 1.165) is 5.69 Å². The molecule has 1 atom stereocenters. The van der Waals surface area contributed by atoms with Crippen molar-refractivity contribution in [3.8, 4) is 5.75 Å². The fourth-order valence-electron chi connectivity index (χ4n) is 2.39. The van der Waals surface area contributed by atoms with Crippen LogP contribution in [0.25, 0.3) is 0 Å². The molecule has 0 saturated carbocycles. The Labute approximate surface area is 130 Å². The second kappa shape index (κ2) is 6.25. The summed E-state index contributed by atoms with van der Waals surface area (Å²) in [5.74, 6) is 0.696. The fourth-order valence-corrected chi connectivity index (χ4v) is 2.39. The second-order valence-electron chi connectivity index (χ2n) is 6.46. The number of anilines is 1. The third-order valence-electron chi connectivity index (χ3n) is 3.31. The second-order valence-corrected chi connectivity index (χ2v) is 6.46. The molecule has 3 amide bonds. The maximum Gasteiger partial charge on any atom is 0.315 e. The van der Waals surface area contributed by atoms with Gasteiger partial charge in [0, 0.05) is 30.3 Å². The van der Waals surface area contributed by atoms with E-state index in [0.29, 0.717) is 18.7 Å². The molecule has 2 N–H and O–H groups in total. The molecule has 1 aliphatic rings. The van der Waals surface area contributed by atoms with Crippen LogP contribution in [0.5, 0.6) is 5.75 Å². The van der Waals surface area contributed by atoms with Crippen molar-refractivity contribution in [1.82, 2.24) is 10.6 Å². The number of hydrogen-bond donors (Lipinski definition) is 2. The minimum Gasteiger partial charge on any atom is -0.497 e. The number of nitrogens with zero attached hydrogens (tertiary/aromatic N) is 1. The number of benzene rings is 1. The van der Waals surface area contributed by atoms with E-state index in [1.165, 1.54) is 0 Å². The van der Waals surface area contributed by atoms with Crippen LogP contribution in [0.2, 0.25) is 0 Å². The van der Waals surface area contributed by atoms with Crippen LogP contribution in [0, 0.1) is 0 Å². The molecule has 0 spiro atoms. The Morgan fingerprint density at radius 2 is 2.09 bits per heavy atom. The zero-order chi connectivity index (χ0) is 16.3. The van der Waals surface area contributed by atoms with Gasteiger partial charge in [0.2, 0.25) is 5.91 Å². The number of amides is 3. The highest BCUT2D eigenvalue weighted by Crippen LogP contribution is 2.25. The largest absolute Gasteiger partial charge is 0.497 e. The predicted molar refractivity (Wildman–Crippen MR) is 85.2 cm³/mol. The van der Waals surface area contributed by atoms with Gasteiger partial charge in [-0.15, -0.1) is 0 Å². The number of ether oxygens (including phenoxy) is 1. The van der Waals surface area contributed by atoms with E-state index in [9.17, 15) is 9.59 Å². The van der Waals surface area contributed by atoms with Crippen LogP contribution in [-0.2, 0) is 4.79 Å². The van der Waals surface area contributed by atoms with Gasteiger partial charge in [-0.1, -0.05) is 6.07 Å². The van der Waals surface area contributed by atoms with E-state index in [2.05, 4.69) is 10.6 Å². The highest BCUT2D eigenvalue weighted by molar-refractivity contribution is 5.97. The molecular formula is C16H23N3O3. The Morgan fingerprint density at radius 3 is 2.73 bits per heavy atom. The lowest BCUT2D eigenvalue weighted by molar-refractivity contribution is -0.117. The van der Waals surface area contributed by atoms with Crippen LogP contribution in [0.1, 0.15) is 27.2 Å². The van der Waals surface area contributed by atoms with Crippen LogP contribution in [0.3, 0.4) is 0 Å². The molecule has 120 valence electrons. The summed E-state index contributed by atoms with van der Waals surface area (Å²) in [6.45, 7) is 6.20. The lowest BCUT2D eigenvalue weighted by atomic mass is 10.1. The van der Waals surface area contributed by atoms with Crippen molar-refractivity contribution in [2.75, 3.05) is 18.6 Å². The molecule has 6 nitrogen and oxygen atoms in total. The topological polar surface area (TPSA) is 70.7 Å². The Balaban J connectivity index is 2.00. The van der Waals surface area contributed by atoms with Gasteiger partial charge in [0.15, 0.2) is 0 Å². The molecule has 1 aromatic rings. The SMILES string of the molecule is COc1cccc(N2C[C@H](NC(=O)NC(C)(C)C)CC2=O)c1. The first-order chi connectivity index (χ1) is 10.3. The van der Waals surface area contributed by atoms with Crippen molar-refractivity contribution in [2.45, 2.75) is 38.8 Å². The molecule has 1 saturated heterocycles. The van der Waals surface area contributed by atoms with Gasteiger partial charge in [0.1, 0.15) is 5.75 Å². The third-order valence-corrected chi connectivity index (χ3v) is 3.31. The fraction of sp³-hybridized carbons (Fsp3) is 0.500. The third kappa shape index (κ3) is 4.13. The van der Waals surface area contributed by atoms with Crippen LogP contribution < -0.4 is 20.3 Å². The van der Waals surface area contributed by atoms with E-state index < -0.39 is 0 Å². The molecule has 0 aliphatic carbocycles. The van der Waals surface area contributed by atoms with E-state index in [1.807, 2.05) is 45.0 Å². The first-order valence-corrected chi connectivity index (χ1v) is 7.31. The quantitative estimate of drug-likeness (QED) is 0.896. The Hall–Kier alpha value is -2.24. The van der Waals surface area contributed by atoms with Crippen molar-refractivity contribution in [2.24, 2.45) is 0 Å². The molecular weight excluding hydrogens is 282 g/mol. The van der Waals surface area contributed by atoms with Crippen LogP contribution in [-0.4, -0.2) is 37.2 Å². The molecule has 0 radical (unpaired) electrons. The molecule has 22 heavy (non-hydrogen) atoms. The summed E-state index contributed by atoms with van der Waals surface area (Å²) in [5.41, 5.74) is 0.476. The first-order valence-electron chi connectivity index (χ1n) is 7.31. The summed E-state index contributed by atoms with van der Waals surface area (Å²) in [6, 6.07) is 6.90. The Bertz CT molecular complexity index is 566. The van der Waals surface area contributed by atoms with Gasteiger partial charge >= 0.3 is 6.03 Å². The molecule has 0 unspecified atom stereocenters. The van der Waals surface area contributed by atoms with Gasteiger partial charge in [-0.05, 0) is 32.9 Å². The maximum absolute atomic E-state index is 12.2. The minimum absolute atomic E-state index is 0.00527. The summed E-state index contributed by atoms with van der Waals surface area (Å²) in [7, 11) is 1.59. The number of rotatable bonds is 3. The number of urea groups is 1. The zero-order valence-corrected chi connectivity index (χ0v) is 13.5. The monoisotopic (exact) mass is 305 g/mol. The summed E-state index contributed by atoms with van der Waals surface area (Å²) in [4.78, 5) is 25.7. The molecule has 6 heteroatoms. The number of hydrogen-bond acceptors (Lipinski definition) is 3. The van der Waals surface area contributed by atoms with Crippen molar-refractivity contribution in [3.05, 3.63) is 24.3 Å². The lowest BCUT2D eigenvalue weighted by Gasteiger charge is -2.23. The molecule has 0 bridgehead atoms. The smallest absolute Gasteiger partial charge is 0.315 e. The number of carbonyl (C=O) groups is 2. The molecule has 1 aromatic carbocycles. The summed E-state index contributed by atoms with van der Waals surface area (Å²) in [5, 5.41) is 5.68. The standard InChI is InChI=1S/C16H23N3O3/c1-16(2,3)18-15(21)17-11-8-14(20)19(10-11)12-6-5-7-13(9-12)22-4/h5-7,9,11H,8,10H2,1-4H3,(H2,17,18,21)/t11-/m1/s1. The first kappa shape index (κ1) is 16.1. The van der Waals surface area contributed by atoms with Crippen LogP contribution in [0.15, 0.2) is 24.3 Å². The van der Waals surface area contributed by atoms with E-state index >= 15 is 0 Å².